The Morgan fingerprint density at radius 2 is 1.16 bits per heavy atom. The molecule has 3 fully saturated rings. The molecule has 4 aliphatic carbocycles. The van der Waals surface area contributed by atoms with E-state index in [0.29, 0.717) is 0 Å². The van der Waals surface area contributed by atoms with E-state index in [0.717, 1.165) is 47.3 Å². The molecule has 186 valence electrons. The van der Waals surface area contributed by atoms with Crippen molar-refractivity contribution in [2.75, 3.05) is 0 Å². The standard InChI is InChI=1S/C17H26.C10H20.4CH3.Hf/c1-2-3-4-6-13-9-10-16-11-14-7-5-8-15(14)12-17(13)16;1-6-7(2)9(4)10(5)8(6)3;;;;;/h11-13,16-17H,2-10H2,1H3;6-10H,1-5H3;4*1H3;/q;;4*-1;+4. The van der Waals surface area contributed by atoms with Crippen LogP contribution in [0, 0.1) is 77.0 Å². The maximum atomic E-state index is 2.69. The summed E-state index contributed by atoms with van der Waals surface area (Å²) >= 11 is 0. The Morgan fingerprint density at radius 1 is 0.688 bits per heavy atom. The van der Waals surface area contributed by atoms with Gasteiger partial charge in [0.2, 0.25) is 0 Å². The maximum Gasteiger partial charge on any atom is 4.00 e. The fourth-order valence-corrected chi connectivity index (χ4v) is 6.64. The minimum Gasteiger partial charge on any atom is -0.358 e. The van der Waals surface area contributed by atoms with E-state index in [2.05, 4.69) is 53.7 Å². The van der Waals surface area contributed by atoms with Crippen LogP contribution in [0.2, 0.25) is 0 Å². The van der Waals surface area contributed by atoms with Crippen LogP contribution in [0.1, 0.15) is 99.3 Å². The second-order valence-corrected chi connectivity index (χ2v) is 10.6. The van der Waals surface area contributed by atoms with Crippen molar-refractivity contribution in [3.8, 4) is 0 Å². The first-order valence-corrected chi connectivity index (χ1v) is 12.4. The third-order valence-corrected chi connectivity index (χ3v) is 9.35. The number of allylic oxidation sites excluding steroid dienone is 4. The number of rotatable bonds is 4. The molecule has 0 aliphatic heterocycles. The van der Waals surface area contributed by atoms with Gasteiger partial charge in [-0.25, -0.2) is 0 Å². The first-order chi connectivity index (χ1) is 12.9. The fourth-order valence-electron chi connectivity index (χ4n) is 6.64. The van der Waals surface area contributed by atoms with E-state index in [1.807, 2.05) is 0 Å². The van der Waals surface area contributed by atoms with Crippen molar-refractivity contribution in [3.63, 3.8) is 0 Å². The number of fused-ring (bicyclic) bond motifs is 2. The van der Waals surface area contributed by atoms with Gasteiger partial charge >= 0.3 is 25.8 Å². The molecule has 3 atom stereocenters. The van der Waals surface area contributed by atoms with Crippen LogP contribution in [-0.2, 0) is 25.8 Å². The van der Waals surface area contributed by atoms with Crippen LogP contribution < -0.4 is 0 Å². The molecule has 0 bridgehead atoms. The van der Waals surface area contributed by atoms with Gasteiger partial charge in [0.05, 0.1) is 0 Å². The molecule has 3 saturated carbocycles. The predicted molar refractivity (Wildman–Crippen MR) is 145 cm³/mol. The van der Waals surface area contributed by atoms with Gasteiger partial charge < -0.3 is 29.7 Å². The summed E-state index contributed by atoms with van der Waals surface area (Å²) in [7, 11) is 0. The zero-order chi connectivity index (χ0) is 19.6. The van der Waals surface area contributed by atoms with E-state index in [-0.39, 0.29) is 55.5 Å². The van der Waals surface area contributed by atoms with Crippen LogP contribution in [0.3, 0.4) is 0 Å². The Hall–Kier alpha value is 0.350. The molecular weight excluding hydrogens is 551 g/mol. The molecule has 0 saturated heterocycles. The minimum atomic E-state index is 0. The van der Waals surface area contributed by atoms with Crippen molar-refractivity contribution in [1.29, 1.82) is 0 Å². The van der Waals surface area contributed by atoms with Gasteiger partial charge in [0, 0.05) is 0 Å². The van der Waals surface area contributed by atoms with E-state index in [1.165, 1.54) is 57.8 Å². The van der Waals surface area contributed by atoms with E-state index < -0.39 is 0 Å². The van der Waals surface area contributed by atoms with Gasteiger partial charge in [0.1, 0.15) is 0 Å². The average molecular weight is 609 g/mol. The van der Waals surface area contributed by atoms with Gasteiger partial charge in [0.15, 0.2) is 0 Å². The molecule has 0 nitrogen and oxygen atoms in total. The Balaban J connectivity index is -0.000000499. The number of hydrogen-bond donors (Lipinski definition) is 0. The third kappa shape index (κ3) is 8.23. The van der Waals surface area contributed by atoms with Crippen molar-refractivity contribution in [2.45, 2.75) is 99.3 Å². The van der Waals surface area contributed by atoms with Gasteiger partial charge in [-0.2, -0.15) is 0 Å². The molecule has 0 heterocycles. The molecular formula is C31H58Hf. The Bertz CT molecular complexity index is 500. The summed E-state index contributed by atoms with van der Waals surface area (Å²) < 4.78 is 0. The molecule has 4 rings (SSSR count). The fraction of sp³-hybridized carbons (Fsp3) is 0.742. The monoisotopic (exact) mass is 610 g/mol. The van der Waals surface area contributed by atoms with Gasteiger partial charge in [0.25, 0.3) is 0 Å². The van der Waals surface area contributed by atoms with E-state index in [9.17, 15) is 0 Å². The Kier molecular flexibility index (Phi) is 19.5. The molecule has 32 heavy (non-hydrogen) atoms. The van der Waals surface area contributed by atoms with Gasteiger partial charge in [-0.3, -0.25) is 0 Å². The van der Waals surface area contributed by atoms with Crippen LogP contribution in [0.5, 0.6) is 0 Å². The second kappa shape index (κ2) is 16.9. The van der Waals surface area contributed by atoms with Crippen LogP contribution >= 0.6 is 0 Å². The normalized spacial score (nSPS) is 36.1. The van der Waals surface area contributed by atoms with Crippen molar-refractivity contribution in [1.82, 2.24) is 0 Å². The van der Waals surface area contributed by atoms with Crippen molar-refractivity contribution in [3.05, 3.63) is 53.0 Å². The summed E-state index contributed by atoms with van der Waals surface area (Å²) in [5.41, 5.74) is 3.45. The number of unbranched alkanes of at least 4 members (excludes halogenated alkanes) is 2. The molecule has 0 spiro atoms. The molecule has 0 N–H and O–H groups in total. The van der Waals surface area contributed by atoms with Crippen LogP contribution in [0.4, 0.5) is 0 Å². The average Bonchev–Trinajstić information content (AvgIpc) is 3.33. The predicted octanol–water partition coefficient (Wildman–Crippen LogP) is 10.2. The van der Waals surface area contributed by atoms with Gasteiger partial charge in [-0.05, 0) is 97.0 Å². The smallest absolute Gasteiger partial charge is 0.358 e. The summed E-state index contributed by atoms with van der Waals surface area (Å²) in [5, 5.41) is 0. The zero-order valence-corrected chi connectivity index (χ0v) is 27.2. The minimum absolute atomic E-state index is 0. The summed E-state index contributed by atoms with van der Waals surface area (Å²) in [6.45, 7) is 14.3. The van der Waals surface area contributed by atoms with Crippen molar-refractivity contribution in [2.24, 2.45) is 47.3 Å². The molecule has 0 amide bonds. The Labute approximate surface area is 224 Å². The summed E-state index contributed by atoms with van der Waals surface area (Å²) in [6, 6.07) is 0. The summed E-state index contributed by atoms with van der Waals surface area (Å²) in [4.78, 5) is 0. The topological polar surface area (TPSA) is 0 Å². The van der Waals surface area contributed by atoms with E-state index >= 15 is 0 Å². The maximum absolute atomic E-state index is 2.69. The molecule has 0 aromatic rings. The molecule has 1 heteroatoms. The molecule has 0 radical (unpaired) electrons. The number of hydrogen-bond acceptors (Lipinski definition) is 0. The third-order valence-electron chi connectivity index (χ3n) is 9.35. The van der Waals surface area contributed by atoms with Crippen molar-refractivity contribution >= 4 is 0 Å². The van der Waals surface area contributed by atoms with Crippen LogP contribution in [-0.4, -0.2) is 0 Å². The van der Waals surface area contributed by atoms with E-state index in [4.69, 9.17) is 0 Å². The van der Waals surface area contributed by atoms with Crippen LogP contribution in [0.15, 0.2) is 23.3 Å². The molecule has 0 aromatic heterocycles. The van der Waals surface area contributed by atoms with Gasteiger partial charge in [-0.15, -0.1) is 0 Å². The van der Waals surface area contributed by atoms with Gasteiger partial charge in [-0.1, -0.05) is 73.0 Å². The van der Waals surface area contributed by atoms with E-state index in [1.54, 1.807) is 11.1 Å². The molecule has 3 unspecified atom stereocenters. The summed E-state index contributed by atoms with van der Waals surface area (Å²) in [5.74, 6) is 7.52. The quantitative estimate of drug-likeness (QED) is 0.169. The SMILES string of the molecule is CC1C(C)C(C)C(C)C1C.CCCCCC1CCC2C=C3CCCC3=CC21.[CH3-].[CH3-].[CH3-].[CH3-].[Hf+4]. The Morgan fingerprint density at radius 3 is 1.62 bits per heavy atom. The second-order valence-electron chi connectivity index (χ2n) is 10.6. The van der Waals surface area contributed by atoms with Crippen LogP contribution in [0.25, 0.3) is 0 Å². The zero-order valence-electron chi connectivity index (χ0n) is 23.6. The first-order valence-electron chi connectivity index (χ1n) is 12.4. The largest absolute Gasteiger partial charge is 4.00 e. The molecule has 4 aliphatic rings. The van der Waals surface area contributed by atoms with Crippen molar-refractivity contribution < 1.29 is 25.8 Å². The molecule has 0 aromatic carbocycles. The first kappa shape index (κ1) is 36.9. The summed E-state index contributed by atoms with van der Waals surface area (Å²) in [6.07, 6.45) is 18.2.